The Balaban J connectivity index is 2.44. The number of ether oxygens (including phenoxy) is 1. The molecule has 0 bridgehead atoms. The average molecular weight is 268 g/mol. The predicted molar refractivity (Wildman–Crippen MR) is 76.8 cm³/mol. The molecule has 0 heterocycles. The third-order valence-corrected chi connectivity index (χ3v) is 3.03. The number of hydrogen-bond donors (Lipinski definition) is 1. The van der Waals surface area contributed by atoms with Crippen LogP contribution in [0.25, 0.3) is 0 Å². The number of rotatable bonds is 7. The Morgan fingerprint density at radius 3 is 2.58 bits per heavy atom. The molecule has 0 atom stereocenters. The fourth-order valence-electron chi connectivity index (χ4n) is 2.00. The number of methoxy groups -OCH3 is 1. The van der Waals surface area contributed by atoms with E-state index in [1.807, 2.05) is 27.0 Å². The Kier molecular flexibility index (Phi) is 5.76. The van der Waals surface area contributed by atoms with Crippen LogP contribution in [0.15, 0.2) is 18.2 Å². The highest BCUT2D eigenvalue weighted by molar-refractivity contribution is 5.29. The molecule has 0 aliphatic rings. The molecule has 0 spiro atoms. The van der Waals surface area contributed by atoms with Crippen LogP contribution in [0.2, 0.25) is 0 Å². The second kappa shape index (κ2) is 6.87. The lowest BCUT2D eigenvalue weighted by Gasteiger charge is -2.21. The number of hydrogen-bond acceptors (Lipinski definition) is 3. The molecular weight excluding hydrogens is 243 g/mol. The van der Waals surface area contributed by atoms with Gasteiger partial charge in [0.05, 0.1) is 7.11 Å². The molecule has 1 aromatic rings. The number of nitrogens with zero attached hydrogens (tertiary/aromatic N) is 1. The van der Waals surface area contributed by atoms with Gasteiger partial charge in [0, 0.05) is 12.1 Å². The van der Waals surface area contributed by atoms with Crippen LogP contribution in [-0.4, -0.2) is 31.1 Å². The van der Waals surface area contributed by atoms with E-state index in [4.69, 9.17) is 10.5 Å². The van der Waals surface area contributed by atoms with Crippen molar-refractivity contribution in [2.24, 2.45) is 5.73 Å². The largest absolute Gasteiger partial charge is 0.494 e. The van der Waals surface area contributed by atoms with Crippen LogP contribution in [0.5, 0.6) is 5.75 Å². The molecule has 0 aliphatic heterocycles. The van der Waals surface area contributed by atoms with E-state index in [2.05, 4.69) is 4.90 Å². The zero-order valence-corrected chi connectivity index (χ0v) is 12.4. The van der Waals surface area contributed by atoms with E-state index in [0.29, 0.717) is 0 Å². The highest BCUT2D eigenvalue weighted by Gasteiger charge is 2.11. The Labute approximate surface area is 115 Å². The summed E-state index contributed by atoms with van der Waals surface area (Å²) in [7, 11) is 3.50. The zero-order valence-electron chi connectivity index (χ0n) is 12.4. The van der Waals surface area contributed by atoms with Crippen molar-refractivity contribution in [3.8, 4) is 5.75 Å². The molecule has 0 fully saturated rings. The molecule has 2 N–H and O–H groups in total. The van der Waals surface area contributed by atoms with E-state index >= 15 is 0 Å². The van der Waals surface area contributed by atoms with E-state index < -0.39 is 0 Å². The molecule has 0 saturated heterocycles. The molecule has 0 unspecified atom stereocenters. The lowest BCUT2D eigenvalue weighted by molar-refractivity contribution is 0.302. The molecule has 108 valence electrons. The van der Waals surface area contributed by atoms with Crippen molar-refractivity contribution in [1.29, 1.82) is 0 Å². The maximum Gasteiger partial charge on any atom is 0.165 e. The quantitative estimate of drug-likeness (QED) is 0.826. The summed E-state index contributed by atoms with van der Waals surface area (Å²) in [6, 6.07) is 5.09. The monoisotopic (exact) mass is 268 g/mol. The second-order valence-corrected chi connectivity index (χ2v) is 5.80. The summed E-state index contributed by atoms with van der Waals surface area (Å²) >= 11 is 0. The third kappa shape index (κ3) is 6.03. The zero-order chi connectivity index (χ0) is 14.5. The van der Waals surface area contributed by atoms with Gasteiger partial charge in [-0.2, -0.15) is 0 Å². The van der Waals surface area contributed by atoms with Crippen molar-refractivity contribution in [3.63, 3.8) is 0 Å². The summed E-state index contributed by atoms with van der Waals surface area (Å²) in [5, 5.41) is 0. The van der Waals surface area contributed by atoms with Gasteiger partial charge in [0.15, 0.2) is 11.6 Å². The van der Waals surface area contributed by atoms with Crippen molar-refractivity contribution < 1.29 is 9.13 Å². The van der Waals surface area contributed by atoms with Crippen molar-refractivity contribution in [2.45, 2.75) is 38.8 Å². The minimum absolute atomic E-state index is 0.118. The van der Waals surface area contributed by atoms with Crippen LogP contribution in [0.1, 0.15) is 32.3 Å². The summed E-state index contributed by atoms with van der Waals surface area (Å²) < 4.78 is 18.5. The maximum atomic E-state index is 13.5. The van der Waals surface area contributed by atoms with Crippen LogP contribution in [0.4, 0.5) is 4.39 Å². The molecule has 0 saturated carbocycles. The molecule has 3 nitrogen and oxygen atoms in total. The van der Waals surface area contributed by atoms with Crippen LogP contribution < -0.4 is 10.5 Å². The minimum Gasteiger partial charge on any atom is -0.494 e. The topological polar surface area (TPSA) is 38.5 Å². The Morgan fingerprint density at radius 1 is 1.37 bits per heavy atom. The van der Waals surface area contributed by atoms with Crippen LogP contribution >= 0.6 is 0 Å². The molecular formula is C15H25FN2O. The van der Waals surface area contributed by atoms with Crippen LogP contribution in [0, 0.1) is 5.82 Å². The summed E-state index contributed by atoms with van der Waals surface area (Å²) in [6.45, 7) is 5.75. The lowest BCUT2D eigenvalue weighted by atomic mass is 10.00. The first-order valence-electron chi connectivity index (χ1n) is 6.61. The van der Waals surface area contributed by atoms with Crippen LogP contribution in [0.3, 0.4) is 0 Å². The minimum atomic E-state index is -0.309. The lowest BCUT2D eigenvalue weighted by Crippen LogP contribution is -2.33. The van der Waals surface area contributed by atoms with Crippen molar-refractivity contribution in [2.75, 3.05) is 20.7 Å². The first kappa shape index (κ1) is 15.9. The van der Waals surface area contributed by atoms with Gasteiger partial charge in [-0.05, 0) is 58.0 Å². The Hall–Kier alpha value is -1.13. The first-order valence-corrected chi connectivity index (χ1v) is 6.61. The highest BCUT2D eigenvalue weighted by atomic mass is 19.1. The summed E-state index contributed by atoms with van der Waals surface area (Å²) in [5.41, 5.74) is 6.78. The normalized spacial score (nSPS) is 11.9. The number of nitrogens with two attached hydrogens (primary N) is 1. The van der Waals surface area contributed by atoms with Gasteiger partial charge in [0.25, 0.3) is 0 Å². The summed E-state index contributed by atoms with van der Waals surface area (Å²) in [6.07, 6.45) is 2.02. The predicted octanol–water partition coefficient (Wildman–Crippen LogP) is 2.78. The highest BCUT2D eigenvalue weighted by Crippen LogP contribution is 2.18. The Morgan fingerprint density at radius 2 is 2.05 bits per heavy atom. The first-order chi connectivity index (χ1) is 8.81. The third-order valence-electron chi connectivity index (χ3n) is 3.03. The van der Waals surface area contributed by atoms with Gasteiger partial charge < -0.3 is 15.4 Å². The standard InChI is InChI=1S/C15H25FN2O/c1-15(2,17)8-5-9-18(3)11-12-6-7-14(19-4)13(16)10-12/h6-7,10H,5,8-9,11,17H2,1-4H3. The fourth-order valence-corrected chi connectivity index (χ4v) is 2.00. The smallest absolute Gasteiger partial charge is 0.165 e. The van der Waals surface area contributed by atoms with Crippen molar-refractivity contribution >= 4 is 0 Å². The van der Waals surface area contributed by atoms with Gasteiger partial charge in [-0.15, -0.1) is 0 Å². The van der Waals surface area contributed by atoms with Gasteiger partial charge in [0.1, 0.15) is 0 Å². The molecule has 1 rings (SSSR count). The molecule has 0 aromatic heterocycles. The van der Waals surface area contributed by atoms with E-state index in [9.17, 15) is 4.39 Å². The van der Waals surface area contributed by atoms with Gasteiger partial charge in [-0.3, -0.25) is 0 Å². The second-order valence-electron chi connectivity index (χ2n) is 5.80. The molecule has 0 amide bonds. The number of benzene rings is 1. The summed E-state index contributed by atoms with van der Waals surface area (Å²) in [5.74, 6) is -0.0206. The van der Waals surface area contributed by atoms with Gasteiger partial charge in [-0.25, -0.2) is 4.39 Å². The average Bonchev–Trinajstić information content (AvgIpc) is 2.27. The van der Waals surface area contributed by atoms with Crippen LogP contribution in [-0.2, 0) is 6.54 Å². The van der Waals surface area contributed by atoms with E-state index in [1.54, 1.807) is 6.07 Å². The molecule has 19 heavy (non-hydrogen) atoms. The van der Waals surface area contributed by atoms with Gasteiger partial charge >= 0.3 is 0 Å². The molecule has 4 heteroatoms. The van der Waals surface area contributed by atoms with Gasteiger partial charge in [0.2, 0.25) is 0 Å². The molecule has 0 radical (unpaired) electrons. The SMILES string of the molecule is COc1ccc(CN(C)CCCC(C)(C)N)cc1F. The summed E-state index contributed by atoms with van der Waals surface area (Å²) in [4.78, 5) is 2.17. The van der Waals surface area contributed by atoms with E-state index in [1.165, 1.54) is 13.2 Å². The van der Waals surface area contributed by atoms with Crippen molar-refractivity contribution in [1.82, 2.24) is 4.90 Å². The fraction of sp³-hybridized carbons (Fsp3) is 0.600. The Bertz CT molecular complexity index is 402. The van der Waals surface area contributed by atoms with E-state index in [0.717, 1.165) is 31.5 Å². The van der Waals surface area contributed by atoms with Crippen molar-refractivity contribution in [3.05, 3.63) is 29.6 Å². The van der Waals surface area contributed by atoms with Gasteiger partial charge in [-0.1, -0.05) is 6.07 Å². The van der Waals surface area contributed by atoms with E-state index in [-0.39, 0.29) is 17.1 Å². The molecule has 0 aliphatic carbocycles. The molecule has 1 aromatic carbocycles. The maximum absolute atomic E-state index is 13.5. The number of halogens is 1.